The Bertz CT molecular complexity index is 462. The van der Waals surface area contributed by atoms with Gasteiger partial charge in [-0.1, -0.05) is 13.8 Å². The first-order valence-electron chi connectivity index (χ1n) is 6.36. The van der Waals surface area contributed by atoms with Gasteiger partial charge in [-0.2, -0.15) is 0 Å². The van der Waals surface area contributed by atoms with Gasteiger partial charge in [0.05, 0.1) is 0 Å². The van der Waals surface area contributed by atoms with E-state index in [2.05, 4.69) is 19.2 Å². The lowest BCUT2D eigenvalue weighted by molar-refractivity contribution is -0.139. The Hall–Kier alpha value is -1.29. The summed E-state index contributed by atoms with van der Waals surface area (Å²) in [4.78, 5) is 11.0. The Morgan fingerprint density at radius 1 is 1.61 bits per heavy atom. The van der Waals surface area contributed by atoms with E-state index in [-0.39, 0.29) is 11.5 Å². The maximum atomic E-state index is 11.0. The van der Waals surface area contributed by atoms with Crippen molar-refractivity contribution in [1.82, 2.24) is 5.32 Å². The number of rotatable bonds is 3. The third-order valence-corrected chi connectivity index (χ3v) is 3.56. The van der Waals surface area contributed by atoms with Gasteiger partial charge in [-0.05, 0) is 31.7 Å². The Morgan fingerprint density at radius 3 is 2.89 bits per heavy atom. The number of aryl methyl sites for hydroxylation is 1. The third-order valence-electron chi connectivity index (χ3n) is 3.56. The molecule has 0 spiro atoms. The lowest BCUT2D eigenvalue weighted by Crippen LogP contribution is -2.40. The summed E-state index contributed by atoms with van der Waals surface area (Å²) >= 11 is 0. The molecule has 1 aliphatic carbocycles. The van der Waals surface area contributed by atoms with Gasteiger partial charge in [0, 0.05) is 18.0 Å². The fourth-order valence-electron chi connectivity index (χ4n) is 2.71. The second-order valence-corrected chi connectivity index (χ2v) is 6.06. The first-order chi connectivity index (χ1) is 8.28. The molecule has 1 heterocycles. The van der Waals surface area contributed by atoms with Gasteiger partial charge in [0.25, 0.3) is 0 Å². The van der Waals surface area contributed by atoms with Crippen LogP contribution in [0.3, 0.4) is 0 Å². The van der Waals surface area contributed by atoms with Gasteiger partial charge < -0.3 is 9.52 Å². The molecule has 0 fully saturated rings. The number of aliphatic carboxylic acids is 1. The zero-order valence-electron chi connectivity index (χ0n) is 11.4. The highest BCUT2D eigenvalue weighted by Gasteiger charge is 2.35. The molecule has 0 aliphatic heterocycles. The predicted octanol–water partition coefficient (Wildman–Crippen LogP) is 2.66. The minimum absolute atomic E-state index is 0.0623. The van der Waals surface area contributed by atoms with Crippen LogP contribution in [0.1, 0.15) is 50.3 Å². The van der Waals surface area contributed by atoms with Crippen LogP contribution in [0.5, 0.6) is 0 Å². The molecule has 0 aromatic carbocycles. The highest BCUT2D eigenvalue weighted by Crippen LogP contribution is 2.42. The van der Waals surface area contributed by atoms with Crippen LogP contribution in [0.2, 0.25) is 0 Å². The van der Waals surface area contributed by atoms with Gasteiger partial charge in [0.15, 0.2) is 0 Å². The van der Waals surface area contributed by atoms with Crippen molar-refractivity contribution in [3.63, 3.8) is 0 Å². The number of fused-ring (bicyclic) bond motifs is 1. The molecule has 2 unspecified atom stereocenters. The van der Waals surface area contributed by atoms with Gasteiger partial charge in [0.1, 0.15) is 17.6 Å². The number of furan rings is 1. The second kappa shape index (κ2) is 4.43. The van der Waals surface area contributed by atoms with Crippen LogP contribution < -0.4 is 5.32 Å². The molecule has 1 aromatic rings. The van der Waals surface area contributed by atoms with Crippen molar-refractivity contribution in [3.8, 4) is 0 Å². The Morgan fingerprint density at radius 2 is 2.28 bits per heavy atom. The molecular weight excluding hydrogens is 230 g/mol. The topological polar surface area (TPSA) is 62.5 Å². The van der Waals surface area contributed by atoms with Crippen LogP contribution in [0.15, 0.2) is 10.5 Å². The molecule has 0 saturated heterocycles. The highest BCUT2D eigenvalue weighted by molar-refractivity contribution is 5.72. The smallest absolute Gasteiger partial charge is 0.320 e. The third kappa shape index (κ3) is 2.58. The zero-order chi connectivity index (χ0) is 13.5. The molecule has 2 atom stereocenters. The van der Waals surface area contributed by atoms with Crippen molar-refractivity contribution >= 4 is 5.97 Å². The summed E-state index contributed by atoms with van der Waals surface area (Å²) in [7, 11) is 0. The largest absolute Gasteiger partial charge is 0.480 e. The summed E-state index contributed by atoms with van der Waals surface area (Å²) in [6.45, 7) is 7.99. The number of nitrogens with one attached hydrogen (secondary N) is 1. The summed E-state index contributed by atoms with van der Waals surface area (Å²) in [5.41, 5.74) is 1.26. The van der Waals surface area contributed by atoms with E-state index in [4.69, 9.17) is 9.52 Å². The minimum Gasteiger partial charge on any atom is -0.480 e. The van der Waals surface area contributed by atoms with Crippen molar-refractivity contribution in [3.05, 3.63) is 23.2 Å². The maximum Gasteiger partial charge on any atom is 0.320 e. The molecule has 4 heteroatoms. The molecule has 0 bridgehead atoms. The fourth-order valence-corrected chi connectivity index (χ4v) is 2.71. The average Bonchev–Trinajstić information content (AvgIpc) is 2.56. The number of carboxylic acid groups (broad SMARTS) is 1. The molecule has 1 aromatic heterocycles. The van der Waals surface area contributed by atoms with Gasteiger partial charge >= 0.3 is 5.97 Å². The second-order valence-electron chi connectivity index (χ2n) is 6.06. The van der Waals surface area contributed by atoms with Crippen molar-refractivity contribution < 1.29 is 14.3 Å². The van der Waals surface area contributed by atoms with Crippen LogP contribution in [-0.4, -0.2) is 17.1 Å². The molecule has 0 amide bonds. The van der Waals surface area contributed by atoms with Crippen LogP contribution in [0.4, 0.5) is 0 Å². The summed E-state index contributed by atoms with van der Waals surface area (Å²) in [6.07, 6.45) is 1.84. The summed E-state index contributed by atoms with van der Waals surface area (Å²) in [5, 5.41) is 12.2. The molecule has 2 rings (SSSR count). The molecule has 18 heavy (non-hydrogen) atoms. The van der Waals surface area contributed by atoms with Gasteiger partial charge in [-0.15, -0.1) is 0 Å². The summed E-state index contributed by atoms with van der Waals surface area (Å²) < 4.78 is 5.73. The van der Waals surface area contributed by atoms with Gasteiger partial charge in [-0.25, -0.2) is 0 Å². The van der Waals surface area contributed by atoms with Crippen molar-refractivity contribution in [2.24, 2.45) is 5.41 Å². The fraction of sp³-hybridized carbons (Fsp3) is 0.643. The van der Waals surface area contributed by atoms with Crippen LogP contribution in [0, 0.1) is 12.3 Å². The van der Waals surface area contributed by atoms with E-state index in [1.54, 1.807) is 6.92 Å². The van der Waals surface area contributed by atoms with Gasteiger partial charge in [0.2, 0.25) is 0 Å². The summed E-state index contributed by atoms with van der Waals surface area (Å²) in [5.74, 6) is 1.08. The number of carboxylic acids is 1. The van der Waals surface area contributed by atoms with E-state index >= 15 is 0 Å². The average molecular weight is 251 g/mol. The molecule has 100 valence electrons. The SMILES string of the molecule is Cc1cc2c(o1)CC(C)(C)CC2NC(C)C(=O)O. The van der Waals surface area contributed by atoms with E-state index < -0.39 is 12.0 Å². The zero-order valence-corrected chi connectivity index (χ0v) is 11.4. The molecule has 4 nitrogen and oxygen atoms in total. The first kappa shape index (κ1) is 13.1. The molecule has 0 radical (unpaired) electrons. The van der Waals surface area contributed by atoms with E-state index in [1.807, 2.05) is 13.0 Å². The Kier molecular flexibility index (Phi) is 3.23. The van der Waals surface area contributed by atoms with Crippen molar-refractivity contribution in [1.29, 1.82) is 0 Å². The first-order valence-corrected chi connectivity index (χ1v) is 6.36. The quantitative estimate of drug-likeness (QED) is 0.867. The van der Waals surface area contributed by atoms with E-state index in [0.717, 1.165) is 29.9 Å². The number of hydrogen-bond acceptors (Lipinski definition) is 3. The van der Waals surface area contributed by atoms with Crippen LogP contribution in [0.25, 0.3) is 0 Å². The van der Waals surface area contributed by atoms with Crippen LogP contribution in [-0.2, 0) is 11.2 Å². The Labute approximate surface area is 107 Å². The van der Waals surface area contributed by atoms with Crippen LogP contribution >= 0.6 is 0 Å². The van der Waals surface area contributed by atoms with E-state index in [9.17, 15) is 4.79 Å². The molecular formula is C14H21NO3. The molecule has 0 saturated carbocycles. The normalized spacial score (nSPS) is 23.4. The predicted molar refractivity (Wildman–Crippen MR) is 68.5 cm³/mol. The van der Waals surface area contributed by atoms with Crippen molar-refractivity contribution in [2.75, 3.05) is 0 Å². The summed E-state index contributed by atoms with van der Waals surface area (Å²) in [6, 6.07) is 1.54. The molecule has 2 N–H and O–H groups in total. The van der Waals surface area contributed by atoms with Crippen molar-refractivity contribution in [2.45, 2.75) is 52.6 Å². The molecule has 1 aliphatic rings. The van der Waals surface area contributed by atoms with E-state index in [0.29, 0.717) is 0 Å². The van der Waals surface area contributed by atoms with Gasteiger partial charge in [-0.3, -0.25) is 10.1 Å². The number of hydrogen-bond donors (Lipinski definition) is 2. The van der Waals surface area contributed by atoms with E-state index in [1.165, 1.54) is 0 Å². The number of carbonyl (C=O) groups is 1. The Balaban J connectivity index is 2.27. The highest BCUT2D eigenvalue weighted by atomic mass is 16.4. The lowest BCUT2D eigenvalue weighted by Gasteiger charge is -2.35. The lowest BCUT2D eigenvalue weighted by atomic mass is 9.74. The minimum atomic E-state index is -0.819. The monoisotopic (exact) mass is 251 g/mol. The maximum absolute atomic E-state index is 11.0. The standard InChI is InChI=1S/C14H21NO3/c1-8-5-10-11(15-9(2)13(16)17)6-14(3,4)7-12(10)18-8/h5,9,11,15H,6-7H2,1-4H3,(H,16,17).